The molecule has 4 heteroatoms. The van der Waals surface area contributed by atoms with Gasteiger partial charge in [-0.15, -0.1) is 0 Å². The summed E-state index contributed by atoms with van der Waals surface area (Å²) >= 11 is 0. The van der Waals surface area contributed by atoms with Crippen molar-refractivity contribution in [2.24, 2.45) is 0 Å². The largest absolute Gasteiger partial charge is 0.253 e. The van der Waals surface area contributed by atoms with E-state index in [4.69, 9.17) is 0 Å². The second-order valence-corrected chi connectivity index (χ2v) is 5.36. The Morgan fingerprint density at radius 3 is 2.68 bits per heavy atom. The standard InChI is InChI=1S/C18H14N4/c1-12-10-19-16-7-6-13(8-17(16)21-12)9-18-20-11-14-4-2-3-5-15(14)22-18/h2-8,10-11H,9H2,1H3. The lowest BCUT2D eigenvalue weighted by Gasteiger charge is -2.04. The number of hydrogen-bond donors (Lipinski definition) is 0. The predicted molar refractivity (Wildman–Crippen MR) is 86.6 cm³/mol. The fraction of sp³-hybridized carbons (Fsp3) is 0.111. The van der Waals surface area contributed by atoms with Crippen LogP contribution in [0.4, 0.5) is 0 Å². The first-order valence-corrected chi connectivity index (χ1v) is 7.21. The Bertz CT molecular complexity index is 979. The number of aryl methyl sites for hydroxylation is 1. The van der Waals surface area contributed by atoms with Gasteiger partial charge in [-0.3, -0.25) is 4.98 Å². The van der Waals surface area contributed by atoms with Crippen LogP contribution in [-0.2, 0) is 6.42 Å². The lowest BCUT2D eigenvalue weighted by Crippen LogP contribution is -1.97. The smallest absolute Gasteiger partial charge is 0.133 e. The second kappa shape index (κ2) is 5.15. The lowest BCUT2D eigenvalue weighted by molar-refractivity contribution is 0.993. The zero-order chi connectivity index (χ0) is 14.9. The second-order valence-electron chi connectivity index (χ2n) is 5.36. The third-order valence-electron chi connectivity index (χ3n) is 3.63. The first kappa shape index (κ1) is 12.8. The van der Waals surface area contributed by atoms with Crippen molar-refractivity contribution in [3.63, 3.8) is 0 Å². The monoisotopic (exact) mass is 286 g/mol. The van der Waals surface area contributed by atoms with E-state index in [9.17, 15) is 0 Å². The molecule has 2 aromatic heterocycles. The summed E-state index contributed by atoms with van der Waals surface area (Å²) in [5.74, 6) is 0.818. The first-order valence-electron chi connectivity index (χ1n) is 7.21. The van der Waals surface area contributed by atoms with Crippen LogP contribution in [0, 0.1) is 6.92 Å². The molecule has 2 aromatic carbocycles. The van der Waals surface area contributed by atoms with E-state index in [-0.39, 0.29) is 0 Å². The Balaban J connectivity index is 1.72. The van der Waals surface area contributed by atoms with Crippen LogP contribution in [0.3, 0.4) is 0 Å². The van der Waals surface area contributed by atoms with Crippen molar-refractivity contribution in [1.82, 2.24) is 19.9 Å². The van der Waals surface area contributed by atoms with Crippen molar-refractivity contribution >= 4 is 21.9 Å². The Kier molecular flexibility index (Phi) is 3.00. The van der Waals surface area contributed by atoms with Crippen molar-refractivity contribution in [3.8, 4) is 0 Å². The van der Waals surface area contributed by atoms with Crippen LogP contribution in [0.25, 0.3) is 21.9 Å². The summed E-state index contributed by atoms with van der Waals surface area (Å²) in [6.07, 6.45) is 4.35. The summed E-state index contributed by atoms with van der Waals surface area (Å²) in [5, 5.41) is 1.06. The molecule has 106 valence electrons. The molecule has 0 radical (unpaired) electrons. The topological polar surface area (TPSA) is 51.6 Å². The Morgan fingerprint density at radius 1 is 0.818 bits per heavy atom. The Morgan fingerprint density at radius 2 is 1.73 bits per heavy atom. The number of rotatable bonds is 2. The molecule has 0 spiro atoms. The quantitative estimate of drug-likeness (QED) is 0.566. The third-order valence-corrected chi connectivity index (χ3v) is 3.63. The fourth-order valence-corrected chi connectivity index (χ4v) is 2.54. The molecular formula is C18H14N4. The molecule has 2 heterocycles. The summed E-state index contributed by atoms with van der Waals surface area (Å²) < 4.78 is 0. The fourth-order valence-electron chi connectivity index (χ4n) is 2.54. The summed E-state index contributed by atoms with van der Waals surface area (Å²) in [7, 11) is 0. The van der Waals surface area contributed by atoms with E-state index in [1.807, 2.05) is 43.5 Å². The minimum Gasteiger partial charge on any atom is -0.253 e. The van der Waals surface area contributed by atoms with Crippen LogP contribution in [0.5, 0.6) is 0 Å². The summed E-state index contributed by atoms with van der Waals surface area (Å²) in [5.41, 5.74) is 4.87. The lowest BCUT2D eigenvalue weighted by atomic mass is 10.1. The highest BCUT2D eigenvalue weighted by Gasteiger charge is 2.04. The number of para-hydroxylation sites is 1. The van der Waals surface area contributed by atoms with Crippen molar-refractivity contribution < 1.29 is 0 Å². The molecule has 4 aromatic rings. The molecule has 4 nitrogen and oxygen atoms in total. The van der Waals surface area contributed by atoms with Gasteiger partial charge in [0, 0.05) is 24.2 Å². The number of fused-ring (bicyclic) bond motifs is 2. The Labute approximate surface area is 127 Å². The molecule has 0 saturated carbocycles. The zero-order valence-electron chi connectivity index (χ0n) is 12.2. The molecule has 0 aliphatic carbocycles. The van der Waals surface area contributed by atoms with Gasteiger partial charge in [0.1, 0.15) is 5.82 Å². The number of aromatic nitrogens is 4. The van der Waals surface area contributed by atoms with Crippen LogP contribution in [0.15, 0.2) is 54.9 Å². The van der Waals surface area contributed by atoms with E-state index in [2.05, 4.69) is 32.1 Å². The summed E-state index contributed by atoms with van der Waals surface area (Å²) in [4.78, 5) is 18.0. The molecule has 0 aliphatic heterocycles. The highest BCUT2D eigenvalue weighted by molar-refractivity contribution is 5.77. The number of benzene rings is 2. The minimum atomic E-state index is 0.691. The molecule has 0 fully saturated rings. The Hall–Kier alpha value is -2.88. The van der Waals surface area contributed by atoms with Gasteiger partial charge < -0.3 is 0 Å². The molecule has 0 amide bonds. The molecular weight excluding hydrogens is 272 g/mol. The van der Waals surface area contributed by atoms with Crippen molar-refractivity contribution in [1.29, 1.82) is 0 Å². The van der Waals surface area contributed by atoms with Gasteiger partial charge in [-0.05, 0) is 30.7 Å². The van der Waals surface area contributed by atoms with Gasteiger partial charge in [-0.2, -0.15) is 0 Å². The maximum atomic E-state index is 4.62. The highest BCUT2D eigenvalue weighted by atomic mass is 14.9. The average Bonchev–Trinajstić information content (AvgIpc) is 2.54. The van der Waals surface area contributed by atoms with Crippen LogP contribution in [0.2, 0.25) is 0 Å². The number of hydrogen-bond acceptors (Lipinski definition) is 4. The van der Waals surface area contributed by atoms with Gasteiger partial charge >= 0.3 is 0 Å². The third kappa shape index (κ3) is 2.39. The highest BCUT2D eigenvalue weighted by Crippen LogP contribution is 2.16. The molecule has 0 bridgehead atoms. The minimum absolute atomic E-state index is 0.691. The molecule has 0 N–H and O–H groups in total. The molecule has 0 unspecified atom stereocenters. The predicted octanol–water partition coefficient (Wildman–Crippen LogP) is 3.47. The number of nitrogens with zero attached hydrogens (tertiary/aromatic N) is 4. The van der Waals surface area contributed by atoms with E-state index < -0.39 is 0 Å². The first-order chi connectivity index (χ1) is 10.8. The van der Waals surface area contributed by atoms with Gasteiger partial charge in [-0.25, -0.2) is 15.0 Å². The SMILES string of the molecule is Cc1cnc2ccc(Cc3ncc4ccccc4n3)cc2n1. The van der Waals surface area contributed by atoms with Crippen molar-refractivity contribution in [2.45, 2.75) is 13.3 Å². The normalized spacial score (nSPS) is 11.1. The van der Waals surface area contributed by atoms with Gasteiger partial charge in [-0.1, -0.05) is 24.3 Å². The zero-order valence-corrected chi connectivity index (χ0v) is 12.2. The van der Waals surface area contributed by atoms with Gasteiger partial charge in [0.2, 0.25) is 0 Å². The van der Waals surface area contributed by atoms with E-state index in [0.717, 1.165) is 39.0 Å². The molecule has 22 heavy (non-hydrogen) atoms. The molecule has 0 aliphatic rings. The molecule has 4 rings (SSSR count). The summed E-state index contributed by atoms with van der Waals surface area (Å²) in [6.45, 7) is 1.95. The van der Waals surface area contributed by atoms with Crippen LogP contribution in [0.1, 0.15) is 17.1 Å². The van der Waals surface area contributed by atoms with E-state index in [0.29, 0.717) is 6.42 Å². The van der Waals surface area contributed by atoms with Gasteiger partial charge in [0.15, 0.2) is 0 Å². The van der Waals surface area contributed by atoms with Gasteiger partial charge in [0.25, 0.3) is 0 Å². The molecule has 0 saturated heterocycles. The van der Waals surface area contributed by atoms with Crippen LogP contribution < -0.4 is 0 Å². The molecule has 0 atom stereocenters. The maximum absolute atomic E-state index is 4.62. The summed E-state index contributed by atoms with van der Waals surface area (Å²) in [6, 6.07) is 14.1. The van der Waals surface area contributed by atoms with E-state index >= 15 is 0 Å². The van der Waals surface area contributed by atoms with Gasteiger partial charge in [0.05, 0.1) is 22.2 Å². The van der Waals surface area contributed by atoms with E-state index in [1.54, 1.807) is 6.20 Å². The van der Waals surface area contributed by atoms with Crippen LogP contribution >= 0.6 is 0 Å². The van der Waals surface area contributed by atoms with Crippen molar-refractivity contribution in [3.05, 3.63) is 71.9 Å². The van der Waals surface area contributed by atoms with Crippen LogP contribution in [-0.4, -0.2) is 19.9 Å². The van der Waals surface area contributed by atoms with Crippen molar-refractivity contribution in [2.75, 3.05) is 0 Å². The maximum Gasteiger partial charge on any atom is 0.133 e. The van der Waals surface area contributed by atoms with E-state index in [1.165, 1.54) is 0 Å². The average molecular weight is 286 g/mol.